The molecule has 48 heavy (non-hydrogen) atoms. The number of hydrogen-bond acceptors (Lipinski definition) is 1. The molecule has 0 saturated carbocycles. The van der Waals surface area contributed by atoms with Gasteiger partial charge in [0.15, 0.2) is 0 Å². The van der Waals surface area contributed by atoms with Gasteiger partial charge in [-0.15, -0.1) is 0 Å². The summed E-state index contributed by atoms with van der Waals surface area (Å²) in [5, 5.41) is 3.90. The average Bonchev–Trinajstić information content (AvgIpc) is 3.04. The molecule has 1 aliphatic rings. The van der Waals surface area contributed by atoms with Crippen LogP contribution in [0.25, 0.3) is 0 Å². The van der Waals surface area contributed by atoms with Gasteiger partial charge in [0.1, 0.15) is 11.5 Å². The van der Waals surface area contributed by atoms with Gasteiger partial charge in [-0.1, -0.05) is 179 Å². The van der Waals surface area contributed by atoms with E-state index in [2.05, 4.69) is 177 Å². The van der Waals surface area contributed by atoms with Gasteiger partial charge in [0.05, 0.1) is 0 Å². The molecule has 3 heteroatoms. The second kappa shape index (κ2) is 12.6. The summed E-state index contributed by atoms with van der Waals surface area (Å²) in [5.74, 6) is 2.01. The summed E-state index contributed by atoms with van der Waals surface area (Å²) >= 11 is 0. The van der Waals surface area contributed by atoms with E-state index in [4.69, 9.17) is 4.74 Å². The van der Waals surface area contributed by atoms with E-state index in [0.29, 0.717) is 0 Å². The fourth-order valence-electron chi connectivity index (χ4n) is 8.27. The van der Waals surface area contributed by atoms with Crippen LogP contribution in [0.1, 0.15) is 58.4 Å². The zero-order valence-electron chi connectivity index (χ0n) is 29.5. The maximum absolute atomic E-state index is 7.45. The lowest BCUT2D eigenvalue weighted by molar-refractivity contribution is 0.424. The van der Waals surface area contributed by atoms with E-state index in [0.717, 1.165) is 11.5 Å². The maximum Gasteiger partial charge on any atom is 0.247 e. The second-order valence-corrected chi connectivity index (χ2v) is 16.4. The molecule has 1 aliphatic heterocycles. The molecule has 0 spiro atoms. The van der Waals surface area contributed by atoms with E-state index >= 15 is 0 Å². The summed E-state index contributed by atoms with van der Waals surface area (Å²) in [5.41, 5.74) is 14.1. The molecule has 0 atom stereocenters. The highest BCUT2D eigenvalue weighted by Crippen LogP contribution is 2.50. The van der Waals surface area contributed by atoms with Crippen molar-refractivity contribution in [2.75, 3.05) is 0 Å². The van der Waals surface area contributed by atoms with Crippen molar-refractivity contribution >= 4 is 46.9 Å². The van der Waals surface area contributed by atoms with Gasteiger partial charge >= 0.3 is 0 Å². The number of benzene rings is 6. The van der Waals surface area contributed by atoms with Crippen molar-refractivity contribution in [3.63, 3.8) is 0 Å². The monoisotopic (exact) mass is 642 g/mol. The number of ether oxygens (including phenoxy) is 1. The Bertz CT molecular complexity index is 2010. The van der Waals surface area contributed by atoms with Gasteiger partial charge in [0.25, 0.3) is 0 Å². The van der Waals surface area contributed by atoms with Gasteiger partial charge in [-0.2, -0.15) is 0 Å². The predicted octanol–water partition coefficient (Wildman–Crippen LogP) is 8.24. The summed E-state index contributed by atoms with van der Waals surface area (Å²) in [6.07, 6.45) is 0. The van der Waals surface area contributed by atoms with E-state index in [1.807, 2.05) is 0 Å². The Hall–Kier alpha value is -4.39. The van der Waals surface area contributed by atoms with E-state index in [9.17, 15) is 0 Å². The molecule has 0 fully saturated rings. The largest absolute Gasteiger partial charge is 0.457 e. The fraction of sp³-hybridized carbons (Fsp3) is 0.200. The molecule has 0 radical (unpaired) electrons. The second-order valence-electron chi connectivity index (χ2n) is 14.2. The Morgan fingerprint density at radius 3 is 1.42 bits per heavy atom. The molecular formula is C45H44BOP. The van der Waals surface area contributed by atoms with Crippen LogP contribution >= 0.6 is 7.92 Å². The van der Waals surface area contributed by atoms with Crippen LogP contribution in [0.2, 0.25) is 0 Å². The van der Waals surface area contributed by atoms with Crippen LogP contribution in [0.5, 0.6) is 11.5 Å². The Labute approximate surface area is 288 Å². The predicted molar refractivity (Wildman–Crippen MR) is 210 cm³/mol. The van der Waals surface area contributed by atoms with Crippen LogP contribution in [0.3, 0.4) is 0 Å². The van der Waals surface area contributed by atoms with Crippen molar-refractivity contribution in [2.45, 2.75) is 60.8 Å². The molecule has 0 aromatic heterocycles. The molecule has 0 amide bonds. The summed E-state index contributed by atoms with van der Waals surface area (Å²) < 4.78 is 7.45. The standard InChI is InChI=1S/C45H44BOP/c1-29-25-31(3)41(32(4)26-29)46(42-33(5)27-30(2)28-34(42)6)39-23-15-21-37-43(39)47-44-38(45(37,7)8)22-16-24-40(44)48(35-17-11-9-12-18-35)36-19-13-10-14-20-36/h9-28H,1-8H3. The van der Waals surface area contributed by atoms with Crippen LogP contribution in [0.15, 0.2) is 121 Å². The summed E-state index contributed by atoms with van der Waals surface area (Å²) in [6, 6.07) is 45.0. The lowest BCUT2D eigenvalue weighted by atomic mass is 9.33. The molecule has 6 aromatic rings. The molecule has 238 valence electrons. The molecular weight excluding hydrogens is 598 g/mol. The number of para-hydroxylation sites is 2. The van der Waals surface area contributed by atoms with Crippen molar-refractivity contribution in [1.29, 1.82) is 0 Å². The van der Waals surface area contributed by atoms with Crippen LogP contribution < -0.4 is 37.0 Å². The number of aryl methyl sites for hydroxylation is 6. The van der Waals surface area contributed by atoms with Crippen molar-refractivity contribution in [1.82, 2.24) is 0 Å². The SMILES string of the molecule is Cc1cc(C)c(B(c2cccc3c2Oc2c(P(c4ccccc4)c4ccccc4)cccc2C3(C)C)c2c(C)cc(C)cc2C)c(C)c1. The third kappa shape index (κ3) is 5.51. The van der Waals surface area contributed by atoms with Gasteiger partial charge in [0.2, 0.25) is 6.71 Å². The maximum atomic E-state index is 7.45. The Balaban J connectivity index is 1.51. The molecule has 1 heterocycles. The molecule has 7 rings (SSSR count). The van der Waals surface area contributed by atoms with E-state index < -0.39 is 7.92 Å². The Morgan fingerprint density at radius 2 is 0.938 bits per heavy atom. The summed E-state index contributed by atoms with van der Waals surface area (Å²) in [7, 11) is -0.857. The Morgan fingerprint density at radius 1 is 0.500 bits per heavy atom. The number of fused-ring (bicyclic) bond motifs is 2. The first kappa shape index (κ1) is 32.2. The fourth-order valence-corrected chi connectivity index (χ4v) is 10.7. The highest BCUT2D eigenvalue weighted by Gasteiger charge is 2.40. The van der Waals surface area contributed by atoms with Crippen LogP contribution in [0.4, 0.5) is 0 Å². The minimum absolute atomic E-state index is 0.0235. The molecule has 0 aliphatic carbocycles. The van der Waals surface area contributed by atoms with Crippen molar-refractivity contribution in [2.24, 2.45) is 0 Å². The van der Waals surface area contributed by atoms with Gasteiger partial charge in [0, 0.05) is 21.8 Å². The van der Waals surface area contributed by atoms with Gasteiger partial charge in [-0.05, 0) is 65.5 Å². The minimum Gasteiger partial charge on any atom is -0.457 e. The molecule has 6 aromatic carbocycles. The number of rotatable bonds is 6. The lowest BCUT2D eigenvalue weighted by Gasteiger charge is -2.38. The Kier molecular flexibility index (Phi) is 8.43. The third-order valence-corrected chi connectivity index (χ3v) is 12.7. The summed E-state index contributed by atoms with van der Waals surface area (Å²) in [4.78, 5) is 0. The summed E-state index contributed by atoms with van der Waals surface area (Å²) in [6.45, 7) is 18.3. The zero-order chi connectivity index (χ0) is 33.7. The van der Waals surface area contributed by atoms with Gasteiger partial charge in [-0.3, -0.25) is 0 Å². The van der Waals surface area contributed by atoms with Crippen LogP contribution in [-0.2, 0) is 5.41 Å². The van der Waals surface area contributed by atoms with E-state index in [-0.39, 0.29) is 12.1 Å². The third-order valence-electron chi connectivity index (χ3n) is 10.2. The van der Waals surface area contributed by atoms with Crippen molar-refractivity contribution < 1.29 is 4.74 Å². The van der Waals surface area contributed by atoms with Crippen molar-refractivity contribution in [3.05, 3.63) is 166 Å². The first-order chi connectivity index (χ1) is 23.1. The quantitative estimate of drug-likeness (QED) is 0.131. The molecule has 0 unspecified atom stereocenters. The van der Waals surface area contributed by atoms with E-state index in [1.165, 1.54) is 76.8 Å². The molecule has 0 saturated heterocycles. The first-order valence-electron chi connectivity index (χ1n) is 17.1. The highest BCUT2D eigenvalue weighted by atomic mass is 31.1. The normalized spacial score (nSPS) is 13.1. The minimum atomic E-state index is -0.857. The van der Waals surface area contributed by atoms with E-state index in [1.54, 1.807) is 0 Å². The first-order valence-corrected chi connectivity index (χ1v) is 18.4. The lowest BCUT2D eigenvalue weighted by Crippen LogP contribution is -2.56. The smallest absolute Gasteiger partial charge is 0.247 e. The van der Waals surface area contributed by atoms with Gasteiger partial charge in [-0.25, -0.2) is 0 Å². The average molecular weight is 643 g/mol. The molecule has 0 bridgehead atoms. The molecule has 1 nitrogen and oxygen atoms in total. The molecule has 0 N–H and O–H groups in total. The van der Waals surface area contributed by atoms with Crippen molar-refractivity contribution in [3.8, 4) is 11.5 Å². The van der Waals surface area contributed by atoms with Crippen LogP contribution in [0, 0.1) is 41.5 Å². The number of hydrogen-bond donors (Lipinski definition) is 0. The van der Waals surface area contributed by atoms with Crippen LogP contribution in [-0.4, -0.2) is 6.71 Å². The zero-order valence-corrected chi connectivity index (χ0v) is 30.4. The topological polar surface area (TPSA) is 9.23 Å². The highest BCUT2D eigenvalue weighted by molar-refractivity contribution is 7.80. The van der Waals surface area contributed by atoms with Gasteiger partial charge < -0.3 is 4.74 Å².